The third-order valence-electron chi connectivity index (χ3n) is 6.28. The maximum Gasteiger partial charge on any atom is 0.273 e. The number of hydrogen-bond acceptors (Lipinski definition) is 5. The van der Waals surface area contributed by atoms with E-state index in [2.05, 4.69) is 0 Å². The number of carbonyl (C=O) groups is 2. The number of rotatable bonds is 3. The van der Waals surface area contributed by atoms with Gasteiger partial charge in [0.1, 0.15) is 0 Å². The van der Waals surface area contributed by atoms with Crippen LogP contribution in [0.4, 0.5) is 5.69 Å². The SMILES string of the molecule is Cc1ccccc1C(=O)N1CCSC12CCN(C(=O)c1ccc(C)c([N+](=O)[O-])c1)CC2. The van der Waals surface area contributed by atoms with Crippen LogP contribution >= 0.6 is 11.8 Å². The van der Waals surface area contributed by atoms with Crippen molar-refractivity contribution < 1.29 is 14.5 Å². The van der Waals surface area contributed by atoms with Crippen LogP contribution in [0.1, 0.15) is 44.7 Å². The van der Waals surface area contributed by atoms with Crippen LogP contribution in [-0.4, -0.2) is 56.8 Å². The molecule has 2 aromatic rings. The lowest BCUT2D eigenvalue weighted by Crippen LogP contribution is -2.53. The van der Waals surface area contributed by atoms with Gasteiger partial charge in [0.2, 0.25) is 0 Å². The molecule has 2 amide bonds. The summed E-state index contributed by atoms with van der Waals surface area (Å²) in [6.45, 7) is 5.35. The third-order valence-corrected chi connectivity index (χ3v) is 7.84. The molecular formula is C23H25N3O4S. The van der Waals surface area contributed by atoms with E-state index in [4.69, 9.17) is 0 Å². The summed E-state index contributed by atoms with van der Waals surface area (Å²) in [7, 11) is 0. The van der Waals surface area contributed by atoms with Gasteiger partial charge in [0.05, 0.1) is 9.79 Å². The van der Waals surface area contributed by atoms with Crippen molar-refractivity contribution in [2.24, 2.45) is 0 Å². The normalized spacial score (nSPS) is 17.7. The Bertz CT molecular complexity index is 1050. The molecule has 2 fully saturated rings. The van der Waals surface area contributed by atoms with Gasteiger partial charge in [-0.1, -0.05) is 24.3 Å². The molecule has 2 saturated heterocycles. The smallest absolute Gasteiger partial charge is 0.273 e. The van der Waals surface area contributed by atoms with E-state index >= 15 is 0 Å². The highest BCUT2D eigenvalue weighted by molar-refractivity contribution is 8.00. The molecule has 0 bridgehead atoms. The molecule has 7 nitrogen and oxygen atoms in total. The summed E-state index contributed by atoms with van der Waals surface area (Å²) in [6.07, 6.45) is 1.38. The first-order valence-corrected chi connectivity index (χ1v) is 11.4. The summed E-state index contributed by atoms with van der Waals surface area (Å²) in [4.78, 5) is 40.5. The molecule has 0 unspecified atom stereocenters. The van der Waals surface area contributed by atoms with Crippen LogP contribution in [0.15, 0.2) is 42.5 Å². The van der Waals surface area contributed by atoms with E-state index in [1.807, 2.05) is 36.1 Å². The molecule has 0 atom stereocenters. The molecule has 2 heterocycles. The fraction of sp³-hybridized carbons (Fsp3) is 0.391. The van der Waals surface area contributed by atoms with Crippen molar-refractivity contribution in [1.82, 2.24) is 9.80 Å². The van der Waals surface area contributed by atoms with Crippen molar-refractivity contribution in [3.05, 3.63) is 74.8 Å². The van der Waals surface area contributed by atoms with Crippen molar-refractivity contribution in [2.75, 3.05) is 25.4 Å². The maximum atomic E-state index is 13.3. The van der Waals surface area contributed by atoms with Crippen LogP contribution in [0.3, 0.4) is 0 Å². The Kier molecular flexibility index (Phi) is 5.75. The molecule has 0 N–H and O–H groups in total. The predicted octanol–water partition coefficient (Wildman–Crippen LogP) is 4.03. The summed E-state index contributed by atoms with van der Waals surface area (Å²) in [5, 5.41) is 11.2. The fourth-order valence-corrected chi connectivity index (χ4v) is 5.90. The largest absolute Gasteiger partial charge is 0.338 e. The van der Waals surface area contributed by atoms with E-state index in [1.165, 1.54) is 6.07 Å². The summed E-state index contributed by atoms with van der Waals surface area (Å²) < 4.78 is 0. The van der Waals surface area contributed by atoms with Gasteiger partial charge in [-0.25, -0.2) is 0 Å². The lowest BCUT2D eigenvalue weighted by Gasteiger charge is -2.44. The van der Waals surface area contributed by atoms with Crippen molar-refractivity contribution in [1.29, 1.82) is 0 Å². The molecular weight excluding hydrogens is 414 g/mol. The Morgan fingerprint density at radius 2 is 1.71 bits per heavy atom. The zero-order chi connectivity index (χ0) is 22.2. The van der Waals surface area contributed by atoms with Gasteiger partial charge >= 0.3 is 0 Å². The Labute approximate surface area is 185 Å². The van der Waals surface area contributed by atoms with Gasteiger partial charge in [-0.3, -0.25) is 19.7 Å². The Morgan fingerprint density at radius 1 is 1.00 bits per heavy atom. The maximum absolute atomic E-state index is 13.3. The lowest BCUT2D eigenvalue weighted by atomic mass is 9.99. The summed E-state index contributed by atoms with van der Waals surface area (Å²) >= 11 is 1.80. The molecule has 1 spiro atoms. The van der Waals surface area contributed by atoms with Crippen LogP contribution < -0.4 is 0 Å². The number of amides is 2. The number of nitro benzene ring substituents is 1. The van der Waals surface area contributed by atoms with E-state index in [1.54, 1.807) is 35.7 Å². The lowest BCUT2D eigenvalue weighted by molar-refractivity contribution is -0.385. The molecule has 0 saturated carbocycles. The first-order chi connectivity index (χ1) is 14.8. The minimum Gasteiger partial charge on any atom is -0.338 e. The number of carbonyl (C=O) groups excluding carboxylic acids is 2. The van der Waals surface area contributed by atoms with Crippen molar-refractivity contribution in [3.63, 3.8) is 0 Å². The number of nitro groups is 1. The first-order valence-electron chi connectivity index (χ1n) is 10.4. The fourth-order valence-electron chi connectivity index (χ4n) is 4.45. The van der Waals surface area contributed by atoms with Crippen molar-refractivity contribution >= 4 is 29.3 Å². The second kappa shape index (κ2) is 8.34. The van der Waals surface area contributed by atoms with Crippen LogP contribution in [0.5, 0.6) is 0 Å². The van der Waals surface area contributed by atoms with Crippen LogP contribution in [0.2, 0.25) is 0 Å². The van der Waals surface area contributed by atoms with E-state index in [0.29, 0.717) is 43.6 Å². The highest BCUT2D eigenvalue weighted by Crippen LogP contribution is 2.45. The minimum absolute atomic E-state index is 0.0410. The zero-order valence-electron chi connectivity index (χ0n) is 17.7. The molecule has 0 radical (unpaired) electrons. The number of thioether (sulfide) groups is 1. The second-order valence-electron chi connectivity index (χ2n) is 8.12. The van der Waals surface area contributed by atoms with Crippen LogP contribution in [0.25, 0.3) is 0 Å². The number of likely N-dealkylation sites (tertiary alicyclic amines) is 1. The number of hydrogen-bond donors (Lipinski definition) is 0. The molecule has 2 aliphatic rings. The van der Waals surface area contributed by atoms with Gasteiger partial charge in [0.25, 0.3) is 17.5 Å². The van der Waals surface area contributed by atoms with Crippen molar-refractivity contribution in [2.45, 2.75) is 31.6 Å². The Hall–Kier alpha value is -2.87. The van der Waals surface area contributed by atoms with Gasteiger partial charge in [-0.05, 0) is 44.4 Å². The predicted molar refractivity (Wildman–Crippen MR) is 120 cm³/mol. The Balaban J connectivity index is 1.49. The third kappa shape index (κ3) is 3.92. The summed E-state index contributed by atoms with van der Waals surface area (Å²) in [6, 6.07) is 12.3. The van der Waals surface area contributed by atoms with Gasteiger partial charge in [-0.2, -0.15) is 0 Å². The quantitative estimate of drug-likeness (QED) is 0.533. The standard InChI is InChI=1S/C23H25N3O4S/c1-16-5-3-4-6-19(16)22(28)25-13-14-31-23(25)9-11-24(12-10-23)21(27)18-8-7-17(2)20(15-18)26(29)30/h3-8,15H,9-14H2,1-2H3. The van der Waals surface area contributed by atoms with Crippen LogP contribution in [-0.2, 0) is 0 Å². The number of nitrogens with zero attached hydrogens (tertiary/aromatic N) is 3. The first kappa shape index (κ1) is 21.4. The van der Waals surface area contributed by atoms with E-state index in [9.17, 15) is 19.7 Å². The summed E-state index contributed by atoms with van der Waals surface area (Å²) in [5.41, 5.74) is 2.52. The van der Waals surface area contributed by atoms with Crippen molar-refractivity contribution in [3.8, 4) is 0 Å². The molecule has 31 heavy (non-hydrogen) atoms. The monoisotopic (exact) mass is 439 g/mol. The molecule has 2 aromatic carbocycles. The molecule has 8 heteroatoms. The highest BCUT2D eigenvalue weighted by Gasteiger charge is 2.47. The zero-order valence-corrected chi connectivity index (χ0v) is 18.5. The molecule has 2 aliphatic heterocycles. The molecule has 162 valence electrons. The van der Waals surface area contributed by atoms with E-state index < -0.39 is 4.92 Å². The van der Waals surface area contributed by atoms with Gasteiger partial charge < -0.3 is 9.80 Å². The molecule has 0 aliphatic carbocycles. The second-order valence-corrected chi connectivity index (χ2v) is 9.57. The van der Waals surface area contributed by atoms with E-state index in [0.717, 1.165) is 16.9 Å². The average Bonchev–Trinajstić information content (AvgIpc) is 3.16. The molecule has 0 aromatic heterocycles. The highest BCUT2D eigenvalue weighted by atomic mass is 32.2. The average molecular weight is 440 g/mol. The summed E-state index contributed by atoms with van der Waals surface area (Å²) in [5.74, 6) is 0.741. The van der Waals surface area contributed by atoms with Crippen LogP contribution in [0, 0.1) is 24.0 Å². The van der Waals surface area contributed by atoms with Gasteiger partial charge in [-0.15, -0.1) is 11.8 Å². The number of benzene rings is 2. The van der Waals surface area contributed by atoms with E-state index in [-0.39, 0.29) is 22.4 Å². The minimum atomic E-state index is -0.457. The van der Waals surface area contributed by atoms with Gasteiger partial charge in [0, 0.05) is 48.1 Å². The number of aryl methyl sites for hydroxylation is 2. The molecule has 4 rings (SSSR count). The van der Waals surface area contributed by atoms with Gasteiger partial charge in [0.15, 0.2) is 0 Å². The number of piperidine rings is 1. The topological polar surface area (TPSA) is 83.8 Å². The Morgan fingerprint density at radius 3 is 2.39 bits per heavy atom.